The highest BCUT2D eigenvalue weighted by Gasteiger charge is 2.32. The van der Waals surface area contributed by atoms with E-state index in [1.807, 2.05) is 0 Å². The number of rotatable bonds is 7. The van der Waals surface area contributed by atoms with E-state index in [9.17, 15) is 0 Å². The summed E-state index contributed by atoms with van der Waals surface area (Å²) in [6.07, 6.45) is 2.67. The van der Waals surface area contributed by atoms with Crippen LogP contribution >= 0.6 is 0 Å². The van der Waals surface area contributed by atoms with Gasteiger partial charge < -0.3 is 10.2 Å². The molecule has 0 bridgehead atoms. The van der Waals surface area contributed by atoms with Gasteiger partial charge in [-0.2, -0.15) is 0 Å². The fourth-order valence-corrected chi connectivity index (χ4v) is 1.79. The van der Waals surface area contributed by atoms with Gasteiger partial charge in [-0.3, -0.25) is 0 Å². The van der Waals surface area contributed by atoms with Crippen LogP contribution < -0.4 is 5.32 Å². The lowest BCUT2D eigenvalue weighted by molar-refractivity contribution is 0.307. The van der Waals surface area contributed by atoms with Gasteiger partial charge in [0.1, 0.15) is 0 Å². The van der Waals surface area contributed by atoms with E-state index in [1.54, 1.807) is 0 Å². The van der Waals surface area contributed by atoms with E-state index in [1.165, 1.54) is 25.9 Å². The first-order valence-electron chi connectivity index (χ1n) is 6.05. The molecule has 1 N–H and O–H groups in total. The van der Waals surface area contributed by atoms with Gasteiger partial charge in [0, 0.05) is 25.7 Å². The summed E-state index contributed by atoms with van der Waals surface area (Å²) in [6.45, 7) is 10.5. The fraction of sp³-hybridized carbons (Fsp3) is 1.00. The standard InChI is InChI=1S/C12H26N2/c1-5-11(3)13-6-7-14(4)9-12-8-10(12)2/h10-13H,5-9H2,1-4H3. The summed E-state index contributed by atoms with van der Waals surface area (Å²) in [5.74, 6) is 1.98. The van der Waals surface area contributed by atoms with Gasteiger partial charge >= 0.3 is 0 Å². The Morgan fingerprint density at radius 2 is 2.14 bits per heavy atom. The molecule has 0 aromatic rings. The third-order valence-electron chi connectivity index (χ3n) is 3.42. The number of hydrogen-bond acceptors (Lipinski definition) is 2. The second-order valence-electron chi connectivity index (χ2n) is 5.00. The lowest BCUT2D eigenvalue weighted by Gasteiger charge is -2.18. The maximum atomic E-state index is 3.53. The van der Waals surface area contributed by atoms with Crippen LogP contribution in [0.5, 0.6) is 0 Å². The van der Waals surface area contributed by atoms with Gasteiger partial charge in [-0.1, -0.05) is 13.8 Å². The molecule has 2 heteroatoms. The molecule has 14 heavy (non-hydrogen) atoms. The zero-order valence-electron chi connectivity index (χ0n) is 10.2. The monoisotopic (exact) mass is 198 g/mol. The highest BCUT2D eigenvalue weighted by Crippen LogP contribution is 2.37. The van der Waals surface area contributed by atoms with Crippen LogP contribution in [0.4, 0.5) is 0 Å². The number of hydrogen-bond donors (Lipinski definition) is 1. The van der Waals surface area contributed by atoms with Crippen molar-refractivity contribution in [3.05, 3.63) is 0 Å². The average Bonchev–Trinajstić information content (AvgIpc) is 2.81. The predicted molar refractivity (Wildman–Crippen MR) is 62.5 cm³/mol. The van der Waals surface area contributed by atoms with Crippen LogP contribution in [-0.4, -0.2) is 37.6 Å². The molecule has 0 spiro atoms. The van der Waals surface area contributed by atoms with E-state index in [0.29, 0.717) is 6.04 Å². The van der Waals surface area contributed by atoms with Crippen molar-refractivity contribution in [1.29, 1.82) is 0 Å². The Kier molecular flexibility index (Phi) is 4.90. The molecule has 1 rings (SSSR count). The van der Waals surface area contributed by atoms with Gasteiger partial charge in [0.2, 0.25) is 0 Å². The predicted octanol–water partition coefficient (Wildman–Crippen LogP) is 1.96. The van der Waals surface area contributed by atoms with Gasteiger partial charge in [-0.15, -0.1) is 0 Å². The van der Waals surface area contributed by atoms with Crippen molar-refractivity contribution in [3.63, 3.8) is 0 Å². The molecule has 2 nitrogen and oxygen atoms in total. The number of nitrogens with zero attached hydrogens (tertiary/aromatic N) is 1. The molecule has 1 saturated carbocycles. The summed E-state index contributed by atoms with van der Waals surface area (Å²) < 4.78 is 0. The zero-order valence-corrected chi connectivity index (χ0v) is 10.2. The van der Waals surface area contributed by atoms with E-state index < -0.39 is 0 Å². The quantitative estimate of drug-likeness (QED) is 0.673. The lowest BCUT2D eigenvalue weighted by Crippen LogP contribution is -2.34. The Bertz CT molecular complexity index is 158. The first-order valence-corrected chi connectivity index (χ1v) is 6.05. The van der Waals surface area contributed by atoms with Crippen molar-refractivity contribution in [2.45, 2.75) is 39.7 Å². The highest BCUT2D eigenvalue weighted by molar-refractivity contribution is 4.84. The molecule has 0 aromatic carbocycles. The van der Waals surface area contributed by atoms with Crippen molar-refractivity contribution in [1.82, 2.24) is 10.2 Å². The van der Waals surface area contributed by atoms with Crippen molar-refractivity contribution < 1.29 is 0 Å². The van der Waals surface area contributed by atoms with Crippen LogP contribution in [0.15, 0.2) is 0 Å². The van der Waals surface area contributed by atoms with Gasteiger partial charge in [0.25, 0.3) is 0 Å². The Morgan fingerprint density at radius 1 is 1.50 bits per heavy atom. The third-order valence-corrected chi connectivity index (χ3v) is 3.42. The van der Waals surface area contributed by atoms with E-state index in [-0.39, 0.29) is 0 Å². The highest BCUT2D eigenvalue weighted by atomic mass is 15.1. The van der Waals surface area contributed by atoms with E-state index in [2.05, 4.69) is 38.0 Å². The molecule has 84 valence electrons. The molecule has 3 unspecified atom stereocenters. The molecule has 1 fully saturated rings. The minimum Gasteiger partial charge on any atom is -0.313 e. The first-order chi connectivity index (χ1) is 6.63. The van der Waals surface area contributed by atoms with Crippen LogP contribution in [0.3, 0.4) is 0 Å². The summed E-state index contributed by atoms with van der Waals surface area (Å²) in [4.78, 5) is 2.46. The topological polar surface area (TPSA) is 15.3 Å². The maximum Gasteiger partial charge on any atom is 0.0104 e. The molecule has 1 aliphatic carbocycles. The van der Waals surface area contributed by atoms with Gasteiger partial charge in [-0.05, 0) is 38.6 Å². The molecule has 1 aliphatic rings. The Labute approximate surface area is 89.1 Å². The number of likely N-dealkylation sites (N-methyl/N-ethyl adjacent to an activating group) is 1. The smallest absolute Gasteiger partial charge is 0.0104 e. The van der Waals surface area contributed by atoms with E-state index in [4.69, 9.17) is 0 Å². The van der Waals surface area contributed by atoms with E-state index in [0.717, 1.165) is 18.4 Å². The van der Waals surface area contributed by atoms with Crippen LogP contribution in [0.1, 0.15) is 33.6 Å². The van der Waals surface area contributed by atoms with Gasteiger partial charge in [-0.25, -0.2) is 0 Å². The van der Waals surface area contributed by atoms with Crippen LogP contribution in [0.2, 0.25) is 0 Å². The van der Waals surface area contributed by atoms with Crippen molar-refractivity contribution in [3.8, 4) is 0 Å². The minimum atomic E-state index is 0.670. The fourth-order valence-electron chi connectivity index (χ4n) is 1.79. The zero-order chi connectivity index (χ0) is 10.6. The van der Waals surface area contributed by atoms with Crippen molar-refractivity contribution in [2.24, 2.45) is 11.8 Å². The van der Waals surface area contributed by atoms with Crippen LogP contribution in [0.25, 0.3) is 0 Å². The summed E-state index contributed by atoms with van der Waals surface area (Å²) >= 11 is 0. The summed E-state index contributed by atoms with van der Waals surface area (Å²) in [5.41, 5.74) is 0. The first kappa shape index (κ1) is 12.0. The summed E-state index contributed by atoms with van der Waals surface area (Å²) in [5, 5.41) is 3.53. The minimum absolute atomic E-state index is 0.670. The molecule has 0 amide bonds. The maximum absolute atomic E-state index is 3.53. The Balaban J connectivity index is 1.95. The second kappa shape index (κ2) is 5.72. The van der Waals surface area contributed by atoms with Crippen LogP contribution in [0, 0.1) is 11.8 Å². The SMILES string of the molecule is CCC(C)NCCN(C)CC1CC1C. The molecular formula is C12H26N2. The van der Waals surface area contributed by atoms with Gasteiger partial charge in [0.05, 0.1) is 0 Å². The second-order valence-corrected chi connectivity index (χ2v) is 5.00. The normalized spacial score (nSPS) is 28.1. The largest absolute Gasteiger partial charge is 0.313 e. The Morgan fingerprint density at radius 3 is 2.64 bits per heavy atom. The summed E-state index contributed by atoms with van der Waals surface area (Å²) in [7, 11) is 2.24. The molecule has 0 saturated heterocycles. The van der Waals surface area contributed by atoms with Crippen molar-refractivity contribution >= 4 is 0 Å². The Hall–Kier alpha value is -0.0800. The molecule has 3 atom stereocenters. The molecule has 0 aromatic heterocycles. The lowest BCUT2D eigenvalue weighted by atomic mass is 10.2. The molecular weight excluding hydrogens is 172 g/mol. The van der Waals surface area contributed by atoms with Crippen molar-refractivity contribution in [2.75, 3.05) is 26.7 Å². The van der Waals surface area contributed by atoms with Gasteiger partial charge in [0.15, 0.2) is 0 Å². The third kappa shape index (κ3) is 4.43. The summed E-state index contributed by atoms with van der Waals surface area (Å²) in [6, 6.07) is 0.670. The number of nitrogens with one attached hydrogen (secondary N) is 1. The molecule has 0 aliphatic heterocycles. The molecule has 0 heterocycles. The van der Waals surface area contributed by atoms with Crippen LogP contribution in [-0.2, 0) is 0 Å². The van der Waals surface area contributed by atoms with E-state index >= 15 is 0 Å². The average molecular weight is 198 g/mol. The molecule has 0 radical (unpaired) electrons.